The van der Waals surface area contributed by atoms with Gasteiger partial charge in [-0.05, 0) is 39.9 Å². The van der Waals surface area contributed by atoms with E-state index in [1.54, 1.807) is 0 Å². The molecule has 1 aliphatic carbocycles. The predicted octanol–water partition coefficient (Wildman–Crippen LogP) is 1.55. The SMILES string of the molecule is CNC1(CCN2CCN(C)CC2)CCCCC1. The van der Waals surface area contributed by atoms with E-state index < -0.39 is 0 Å². The number of rotatable bonds is 4. The predicted molar refractivity (Wildman–Crippen MR) is 73.4 cm³/mol. The molecule has 2 rings (SSSR count). The van der Waals surface area contributed by atoms with Gasteiger partial charge in [0.05, 0.1) is 0 Å². The average molecular weight is 239 g/mol. The smallest absolute Gasteiger partial charge is 0.0190 e. The first-order valence-corrected chi connectivity index (χ1v) is 7.34. The van der Waals surface area contributed by atoms with Gasteiger partial charge in [0.15, 0.2) is 0 Å². The van der Waals surface area contributed by atoms with Crippen LogP contribution in [0.2, 0.25) is 0 Å². The maximum Gasteiger partial charge on any atom is 0.0190 e. The lowest BCUT2D eigenvalue weighted by Crippen LogP contribution is -2.50. The zero-order valence-electron chi connectivity index (χ0n) is 11.7. The van der Waals surface area contributed by atoms with Gasteiger partial charge in [-0.2, -0.15) is 0 Å². The summed E-state index contributed by atoms with van der Waals surface area (Å²) in [7, 11) is 4.39. The fourth-order valence-electron chi connectivity index (χ4n) is 3.30. The molecule has 100 valence electrons. The van der Waals surface area contributed by atoms with Crippen LogP contribution in [-0.2, 0) is 0 Å². The Morgan fingerprint density at radius 3 is 2.24 bits per heavy atom. The van der Waals surface area contributed by atoms with Crippen LogP contribution in [0.3, 0.4) is 0 Å². The molecule has 2 fully saturated rings. The number of hydrogen-bond donors (Lipinski definition) is 1. The largest absolute Gasteiger partial charge is 0.314 e. The van der Waals surface area contributed by atoms with Crippen LogP contribution >= 0.6 is 0 Å². The van der Waals surface area contributed by atoms with Gasteiger partial charge < -0.3 is 15.1 Å². The van der Waals surface area contributed by atoms with E-state index in [0.29, 0.717) is 5.54 Å². The molecule has 2 aliphatic rings. The van der Waals surface area contributed by atoms with Crippen LogP contribution in [0, 0.1) is 0 Å². The summed E-state index contributed by atoms with van der Waals surface area (Å²) in [4.78, 5) is 5.08. The topological polar surface area (TPSA) is 18.5 Å². The van der Waals surface area contributed by atoms with Crippen molar-refractivity contribution in [2.75, 3.05) is 46.8 Å². The van der Waals surface area contributed by atoms with Gasteiger partial charge in [0.1, 0.15) is 0 Å². The van der Waals surface area contributed by atoms with Gasteiger partial charge in [0.2, 0.25) is 0 Å². The van der Waals surface area contributed by atoms with Crippen molar-refractivity contribution in [1.82, 2.24) is 15.1 Å². The minimum Gasteiger partial charge on any atom is -0.314 e. The van der Waals surface area contributed by atoms with E-state index in [1.807, 2.05) is 0 Å². The van der Waals surface area contributed by atoms with Crippen molar-refractivity contribution in [3.8, 4) is 0 Å². The Bertz CT molecular complexity index is 216. The Labute approximate surface area is 107 Å². The van der Waals surface area contributed by atoms with Crippen LogP contribution in [0.15, 0.2) is 0 Å². The molecule has 1 N–H and O–H groups in total. The first-order valence-electron chi connectivity index (χ1n) is 7.34. The zero-order valence-corrected chi connectivity index (χ0v) is 11.7. The summed E-state index contributed by atoms with van der Waals surface area (Å²) in [5.74, 6) is 0. The molecule has 0 aromatic heterocycles. The highest BCUT2D eigenvalue weighted by Crippen LogP contribution is 2.30. The quantitative estimate of drug-likeness (QED) is 0.803. The molecule has 0 spiro atoms. The Balaban J connectivity index is 1.75. The van der Waals surface area contributed by atoms with Gasteiger partial charge in [-0.3, -0.25) is 0 Å². The van der Waals surface area contributed by atoms with Gasteiger partial charge in [-0.1, -0.05) is 19.3 Å². The third kappa shape index (κ3) is 3.67. The summed E-state index contributed by atoms with van der Waals surface area (Å²) in [5, 5.41) is 3.63. The monoisotopic (exact) mass is 239 g/mol. The molecule has 3 heteroatoms. The average Bonchev–Trinajstić information content (AvgIpc) is 2.39. The minimum atomic E-state index is 0.460. The lowest BCUT2D eigenvalue weighted by Gasteiger charge is -2.40. The van der Waals surface area contributed by atoms with Gasteiger partial charge in [-0.15, -0.1) is 0 Å². The Kier molecular flexibility index (Phi) is 4.83. The number of likely N-dealkylation sites (N-methyl/N-ethyl adjacent to an activating group) is 1. The van der Waals surface area contributed by atoms with Crippen molar-refractivity contribution in [3.05, 3.63) is 0 Å². The molecule has 17 heavy (non-hydrogen) atoms. The second kappa shape index (κ2) is 6.17. The summed E-state index contributed by atoms with van der Waals surface area (Å²) < 4.78 is 0. The summed E-state index contributed by atoms with van der Waals surface area (Å²) in [6.45, 7) is 6.29. The van der Waals surface area contributed by atoms with Crippen LogP contribution < -0.4 is 5.32 Å². The van der Waals surface area contributed by atoms with Crippen LogP contribution in [-0.4, -0.2) is 62.2 Å². The van der Waals surface area contributed by atoms with Crippen molar-refractivity contribution in [3.63, 3.8) is 0 Å². The summed E-state index contributed by atoms with van der Waals surface area (Å²) in [5.41, 5.74) is 0.460. The van der Waals surface area contributed by atoms with Crippen molar-refractivity contribution < 1.29 is 0 Å². The molecule has 0 amide bonds. The lowest BCUT2D eigenvalue weighted by atomic mass is 9.79. The molecule has 1 aliphatic heterocycles. The highest BCUT2D eigenvalue weighted by molar-refractivity contribution is 4.90. The van der Waals surface area contributed by atoms with Gasteiger partial charge in [-0.25, -0.2) is 0 Å². The molecule has 1 saturated carbocycles. The minimum absolute atomic E-state index is 0.460. The molecule has 1 saturated heterocycles. The summed E-state index contributed by atoms with van der Waals surface area (Å²) >= 11 is 0. The normalized spacial score (nSPS) is 27.2. The number of hydrogen-bond acceptors (Lipinski definition) is 3. The highest BCUT2D eigenvalue weighted by atomic mass is 15.2. The van der Waals surface area contributed by atoms with Crippen molar-refractivity contribution in [2.45, 2.75) is 44.1 Å². The Morgan fingerprint density at radius 2 is 1.65 bits per heavy atom. The Hall–Kier alpha value is -0.120. The summed E-state index contributed by atoms with van der Waals surface area (Å²) in [6, 6.07) is 0. The zero-order chi connectivity index (χ0) is 12.1. The van der Waals surface area contributed by atoms with E-state index in [2.05, 4.69) is 29.2 Å². The highest BCUT2D eigenvalue weighted by Gasteiger charge is 2.30. The molecule has 0 unspecified atom stereocenters. The van der Waals surface area contributed by atoms with E-state index in [-0.39, 0.29) is 0 Å². The molecule has 0 bridgehead atoms. The number of nitrogens with one attached hydrogen (secondary N) is 1. The van der Waals surface area contributed by atoms with E-state index in [1.165, 1.54) is 71.2 Å². The standard InChI is InChI=1S/C14H29N3/c1-15-14(6-4-3-5-7-14)8-9-17-12-10-16(2)11-13-17/h15H,3-13H2,1-2H3. The summed E-state index contributed by atoms with van der Waals surface area (Å²) in [6.07, 6.45) is 8.40. The fourth-order valence-corrected chi connectivity index (χ4v) is 3.30. The molecule has 3 nitrogen and oxygen atoms in total. The van der Waals surface area contributed by atoms with Crippen molar-refractivity contribution in [1.29, 1.82) is 0 Å². The van der Waals surface area contributed by atoms with Crippen LogP contribution in [0.5, 0.6) is 0 Å². The van der Waals surface area contributed by atoms with Gasteiger partial charge in [0.25, 0.3) is 0 Å². The fraction of sp³-hybridized carbons (Fsp3) is 1.00. The first kappa shape index (κ1) is 13.3. The molecule has 0 atom stereocenters. The second-order valence-corrected chi connectivity index (χ2v) is 5.99. The van der Waals surface area contributed by atoms with Crippen LogP contribution in [0.25, 0.3) is 0 Å². The maximum absolute atomic E-state index is 3.63. The molecule has 1 heterocycles. The maximum atomic E-state index is 3.63. The molecular weight excluding hydrogens is 210 g/mol. The van der Waals surface area contributed by atoms with Gasteiger partial charge in [0, 0.05) is 31.7 Å². The first-order chi connectivity index (χ1) is 8.24. The third-order valence-electron chi connectivity index (χ3n) is 4.84. The van der Waals surface area contributed by atoms with Crippen molar-refractivity contribution in [2.24, 2.45) is 0 Å². The van der Waals surface area contributed by atoms with Gasteiger partial charge >= 0.3 is 0 Å². The number of piperazine rings is 1. The number of nitrogens with zero attached hydrogens (tertiary/aromatic N) is 2. The van der Waals surface area contributed by atoms with Crippen molar-refractivity contribution >= 4 is 0 Å². The van der Waals surface area contributed by atoms with E-state index in [9.17, 15) is 0 Å². The second-order valence-electron chi connectivity index (χ2n) is 5.99. The van der Waals surface area contributed by atoms with E-state index in [0.717, 1.165) is 0 Å². The molecule has 0 radical (unpaired) electrons. The lowest BCUT2D eigenvalue weighted by molar-refractivity contribution is 0.128. The third-order valence-corrected chi connectivity index (χ3v) is 4.84. The Morgan fingerprint density at radius 1 is 1.00 bits per heavy atom. The van der Waals surface area contributed by atoms with E-state index in [4.69, 9.17) is 0 Å². The van der Waals surface area contributed by atoms with E-state index >= 15 is 0 Å². The molecular formula is C14H29N3. The molecule has 0 aromatic carbocycles. The van der Waals surface area contributed by atoms with Crippen LogP contribution in [0.4, 0.5) is 0 Å². The molecule has 0 aromatic rings. The van der Waals surface area contributed by atoms with Crippen LogP contribution in [0.1, 0.15) is 38.5 Å².